The SMILES string of the molecule is CC1(NC(=O)COc2cccc(Cl)c2)CCNCC1.Cl. The van der Waals surface area contributed by atoms with Crippen LogP contribution in [0.25, 0.3) is 0 Å². The highest BCUT2D eigenvalue weighted by Gasteiger charge is 2.28. The maximum absolute atomic E-state index is 11.9. The molecule has 0 atom stereocenters. The molecule has 2 rings (SSSR count). The van der Waals surface area contributed by atoms with E-state index < -0.39 is 0 Å². The van der Waals surface area contributed by atoms with Gasteiger partial charge in [-0.2, -0.15) is 0 Å². The van der Waals surface area contributed by atoms with Crippen molar-refractivity contribution in [2.24, 2.45) is 0 Å². The second-order valence-corrected chi connectivity index (χ2v) is 5.54. The molecule has 0 saturated carbocycles. The Morgan fingerprint density at radius 1 is 1.45 bits per heavy atom. The van der Waals surface area contributed by atoms with E-state index in [2.05, 4.69) is 17.6 Å². The number of carbonyl (C=O) groups is 1. The molecule has 4 nitrogen and oxygen atoms in total. The third kappa shape index (κ3) is 5.19. The third-order valence-electron chi connectivity index (χ3n) is 3.31. The highest BCUT2D eigenvalue weighted by molar-refractivity contribution is 6.30. The predicted octanol–water partition coefficient (Wildman–Crippen LogP) is 2.40. The van der Waals surface area contributed by atoms with Crippen LogP contribution in [-0.4, -0.2) is 31.1 Å². The van der Waals surface area contributed by atoms with E-state index in [0.717, 1.165) is 25.9 Å². The lowest BCUT2D eigenvalue weighted by molar-refractivity contribution is -0.125. The van der Waals surface area contributed by atoms with Gasteiger partial charge in [0.05, 0.1) is 0 Å². The van der Waals surface area contributed by atoms with Crippen molar-refractivity contribution in [2.45, 2.75) is 25.3 Å². The number of rotatable bonds is 4. The fraction of sp³-hybridized carbons (Fsp3) is 0.500. The van der Waals surface area contributed by atoms with E-state index in [1.54, 1.807) is 24.3 Å². The number of ether oxygens (including phenoxy) is 1. The number of benzene rings is 1. The topological polar surface area (TPSA) is 50.4 Å². The van der Waals surface area contributed by atoms with Crippen molar-refractivity contribution in [3.05, 3.63) is 29.3 Å². The van der Waals surface area contributed by atoms with Crippen molar-refractivity contribution in [3.63, 3.8) is 0 Å². The zero-order chi connectivity index (χ0) is 13.7. The monoisotopic (exact) mass is 318 g/mol. The van der Waals surface area contributed by atoms with Crippen molar-refractivity contribution >= 4 is 29.9 Å². The minimum absolute atomic E-state index is 0. The van der Waals surface area contributed by atoms with E-state index in [1.165, 1.54) is 0 Å². The van der Waals surface area contributed by atoms with Gasteiger partial charge in [-0.05, 0) is 51.1 Å². The number of amides is 1. The van der Waals surface area contributed by atoms with Gasteiger partial charge in [-0.3, -0.25) is 4.79 Å². The first-order chi connectivity index (χ1) is 9.07. The third-order valence-corrected chi connectivity index (χ3v) is 3.55. The van der Waals surface area contributed by atoms with Gasteiger partial charge in [-0.25, -0.2) is 0 Å². The number of hydrogen-bond acceptors (Lipinski definition) is 3. The molecule has 6 heteroatoms. The van der Waals surface area contributed by atoms with E-state index >= 15 is 0 Å². The van der Waals surface area contributed by atoms with Crippen LogP contribution in [0, 0.1) is 0 Å². The largest absolute Gasteiger partial charge is 0.484 e. The highest BCUT2D eigenvalue weighted by atomic mass is 35.5. The normalized spacial score (nSPS) is 16.9. The van der Waals surface area contributed by atoms with Crippen LogP contribution in [0.1, 0.15) is 19.8 Å². The molecule has 1 heterocycles. The van der Waals surface area contributed by atoms with Crippen LogP contribution in [0.4, 0.5) is 0 Å². The fourth-order valence-corrected chi connectivity index (χ4v) is 2.36. The molecule has 1 aromatic rings. The van der Waals surface area contributed by atoms with Crippen LogP contribution in [0.5, 0.6) is 5.75 Å². The van der Waals surface area contributed by atoms with Crippen molar-refractivity contribution in [1.29, 1.82) is 0 Å². The summed E-state index contributed by atoms with van der Waals surface area (Å²) < 4.78 is 5.42. The van der Waals surface area contributed by atoms with Gasteiger partial charge in [0.25, 0.3) is 5.91 Å². The second kappa shape index (κ2) is 7.72. The summed E-state index contributed by atoms with van der Waals surface area (Å²) >= 11 is 5.85. The van der Waals surface area contributed by atoms with Crippen molar-refractivity contribution in [1.82, 2.24) is 10.6 Å². The lowest BCUT2D eigenvalue weighted by atomic mass is 9.90. The van der Waals surface area contributed by atoms with Crippen LogP contribution in [0.2, 0.25) is 5.02 Å². The molecule has 0 aliphatic carbocycles. The van der Waals surface area contributed by atoms with E-state index in [9.17, 15) is 4.79 Å². The van der Waals surface area contributed by atoms with Gasteiger partial charge in [-0.1, -0.05) is 17.7 Å². The van der Waals surface area contributed by atoms with Crippen LogP contribution >= 0.6 is 24.0 Å². The summed E-state index contributed by atoms with van der Waals surface area (Å²) in [5.74, 6) is 0.516. The minimum Gasteiger partial charge on any atom is -0.484 e. The zero-order valence-electron chi connectivity index (χ0n) is 11.4. The Bertz CT molecular complexity index is 449. The number of nitrogens with one attached hydrogen (secondary N) is 2. The Balaban J connectivity index is 0.00000200. The molecule has 1 aromatic carbocycles. The van der Waals surface area contributed by atoms with E-state index in [4.69, 9.17) is 16.3 Å². The van der Waals surface area contributed by atoms with Crippen LogP contribution < -0.4 is 15.4 Å². The van der Waals surface area contributed by atoms with Crippen LogP contribution in [-0.2, 0) is 4.79 Å². The molecule has 1 aliphatic rings. The van der Waals surface area contributed by atoms with Crippen molar-refractivity contribution < 1.29 is 9.53 Å². The first-order valence-corrected chi connectivity index (χ1v) is 6.85. The molecule has 112 valence electrons. The summed E-state index contributed by atoms with van der Waals surface area (Å²) in [6, 6.07) is 7.04. The molecule has 0 unspecified atom stereocenters. The quantitative estimate of drug-likeness (QED) is 0.896. The van der Waals surface area contributed by atoms with Crippen LogP contribution in [0.15, 0.2) is 24.3 Å². The number of piperidine rings is 1. The number of carbonyl (C=O) groups excluding carboxylic acids is 1. The lowest BCUT2D eigenvalue weighted by Gasteiger charge is -2.34. The summed E-state index contributed by atoms with van der Waals surface area (Å²) in [7, 11) is 0. The van der Waals surface area contributed by atoms with Gasteiger partial charge >= 0.3 is 0 Å². The van der Waals surface area contributed by atoms with E-state index in [0.29, 0.717) is 10.8 Å². The average Bonchev–Trinajstić information content (AvgIpc) is 2.37. The maximum atomic E-state index is 11.9. The molecule has 0 aromatic heterocycles. The molecule has 2 N–H and O–H groups in total. The van der Waals surface area contributed by atoms with Gasteiger partial charge in [0.1, 0.15) is 5.75 Å². The Kier molecular flexibility index (Phi) is 6.59. The summed E-state index contributed by atoms with van der Waals surface area (Å²) in [6.45, 7) is 3.96. The minimum atomic E-state index is -0.125. The standard InChI is InChI=1S/C14H19ClN2O2.ClH/c1-14(5-7-16-8-6-14)17-13(18)10-19-12-4-2-3-11(15)9-12;/h2-4,9,16H,5-8,10H2,1H3,(H,17,18);1H. The Morgan fingerprint density at radius 3 is 2.80 bits per heavy atom. The summed E-state index contributed by atoms with van der Waals surface area (Å²) in [6.07, 6.45) is 1.88. The Morgan fingerprint density at radius 2 is 2.15 bits per heavy atom. The fourth-order valence-electron chi connectivity index (χ4n) is 2.18. The summed E-state index contributed by atoms with van der Waals surface area (Å²) in [5.41, 5.74) is -0.125. The second-order valence-electron chi connectivity index (χ2n) is 5.10. The number of halogens is 2. The molecular weight excluding hydrogens is 299 g/mol. The lowest BCUT2D eigenvalue weighted by Crippen LogP contribution is -2.53. The van der Waals surface area contributed by atoms with Gasteiger partial charge in [0.15, 0.2) is 6.61 Å². The van der Waals surface area contributed by atoms with Gasteiger partial charge < -0.3 is 15.4 Å². The average molecular weight is 319 g/mol. The molecule has 1 fully saturated rings. The summed E-state index contributed by atoms with van der Waals surface area (Å²) in [5, 5.41) is 6.92. The van der Waals surface area contributed by atoms with Crippen molar-refractivity contribution in [2.75, 3.05) is 19.7 Å². The van der Waals surface area contributed by atoms with Gasteiger partial charge in [0, 0.05) is 10.6 Å². The molecule has 20 heavy (non-hydrogen) atoms. The zero-order valence-corrected chi connectivity index (χ0v) is 13.0. The smallest absolute Gasteiger partial charge is 0.258 e. The first-order valence-electron chi connectivity index (χ1n) is 6.48. The number of hydrogen-bond donors (Lipinski definition) is 2. The Hall–Kier alpha value is -0.970. The first kappa shape index (κ1) is 17.1. The molecular formula is C14H20Cl2N2O2. The van der Waals surface area contributed by atoms with Gasteiger partial charge in [-0.15, -0.1) is 12.4 Å². The van der Waals surface area contributed by atoms with Crippen LogP contribution in [0.3, 0.4) is 0 Å². The van der Waals surface area contributed by atoms with E-state index in [1.807, 2.05) is 0 Å². The highest BCUT2D eigenvalue weighted by Crippen LogP contribution is 2.18. The van der Waals surface area contributed by atoms with E-state index in [-0.39, 0.29) is 30.5 Å². The predicted molar refractivity (Wildman–Crippen MR) is 82.8 cm³/mol. The molecule has 0 bridgehead atoms. The molecule has 1 saturated heterocycles. The maximum Gasteiger partial charge on any atom is 0.258 e. The molecule has 1 amide bonds. The van der Waals surface area contributed by atoms with Crippen molar-refractivity contribution in [3.8, 4) is 5.75 Å². The molecule has 0 radical (unpaired) electrons. The molecule has 0 spiro atoms. The Labute approximate surface area is 130 Å². The van der Waals surface area contributed by atoms with Gasteiger partial charge in [0.2, 0.25) is 0 Å². The molecule has 1 aliphatic heterocycles. The summed E-state index contributed by atoms with van der Waals surface area (Å²) in [4.78, 5) is 11.9.